The third-order valence-corrected chi connectivity index (χ3v) is 2.89. The van der Waals surface area contributed by atoms with Gasteiger partial charge in [0.25, 0.3) is 0 Å². The highest BCUT2D eigenvalue weighted by molar-refractivity contribution is 5.95. The van der Waals surface area contributed by atoms with Gasteiger partial charge in [0, 0.05) is 5.69 Å². The van der Waals surface area contributed by atoms with Crippen LogP contribution < -0.4 is 11.1 Å². The van der Waals surface area contributed by atoms with Gasteiger partial charge < -0.3 is 16.2 Å². The van der Waals surface area contributed by atoms with Gasteiger partial charge in [0.15, 0.2) is 11.6 Å². The van der Waals surface area contributed by atoms with Gasteiger partial charge >= 0.3 is 0 Å². The first-order valence-electron chi connectivity index (χ1n) is 6.33. The fourth-order valence-corrected chi connectivity index (χ4v) is 1.81. The minimum Gasteiger partial charge on any atom is -0.504 e. The molecule has 1 aromatic carbocycles. The van der Waals surface area contributed by atoms with Crippen LogP contribution in [-0.2, 0) is 11.2 Å². The fraction of sp³-hybridized carbons (Fsp3) is 0.200. The Labute approximate surface area is 117 Å². The van der Waals surface area contributed by atoms with E-state index in [4.69, 9.17) is 5.73 Å². The van der Waals surface area contributed by atoms with Crippen LogP contribution in [0.4, 0.5) is 5.82 Å². The molecule has 0 radical (unpaired) electrons. The zero-order chi connectivity index (χ0) is 14.5. The zero-order valence-corrected chi connectivity index (χ0v) is 11.2. The lowest BCUT2D eigenvalue weighted by Gasteiger charge is -2.13. The average molecular weight is 271 g/mol. The third kappa shape index (κ3) is 3.55. The number of aromatic nitrogens is 1. The molecule has 0 aliphatic rings. The number of amides is 1. The first-order chi connectivity index (χ1) is 9.56. The van der Waals surface area contributed by atoms with Crippen LogP contribution in [0.25, 0.3) is 0 Å². The molecule has 1 atom stereocenters. The lowest BCUT2D eigenvalue weighted by atomic mass is 10.1. The van der Waals surface area contributed by atoms with E-state index in [-0.39, 0.29) is 17.5 Å². The Morgan fingerprint density at radius 2 is 2.00 bits per heavy atom. The molecule has 0 fully saturated rings. The van der Waals surface area contributed by atoms with Crippen molar-refractivity contribution in [2.75, 3.05) is 5.32 Å². The van der Waals surface area contributed by atoms with Crippen LogP contribution in [0.3, 0.4) is 0 Å². The molecule has 0 saturated carbocycles. The van der Waals surface area contributed by atoms with Crippen LogP contribution in [0.1, 0.15) is 11.3 Å². The number of pyridine rings is 1. The second-order valence-corrected chi connectivity index (χ2v) is 4.61. The monoisotopic (exact) mass is 271 g/mol. The smallest absolute Gasteiger partial charge is 0.242 e. The second kappa shape index (κ2) is 6.16. The Morgan fingerprint density at radius 3 is 2.70 bits per heavy atom. The molecular formula is C15H17N3O2. The molecular weight excluding hydrogens is 254 g/mol. The highest BCUT2D eigenvalue weighted by Gasteiger charge is 2.16. The summed E-state index contributed by atoms with van der Waals surface area (Å²) in [6, 6.07) is 12.0. The quantitative estimate of drug-likeness (QED) is 0.788. The number of rotatable bonds is 4. The van der Waals surface area contributed by atoms with Gasteiger partial charge in [-0.25, -0.2) is 4.98 Å². The van der Waals surface area contributed by atoms with Gasteiger partial charge in [-0.1, -0.05) is 30.3 Å². The van der Waals surface area contributed by atoms with E-state index in [1.54, 1.807) is 13.0 Å². The van der Waals surface area contributed by atoms with E-state index in [0.29, 0.717) is 12.1 Å². The lowest BCUT2D eigenvalue weighted by Crippen LogP contribution is -2.37. The van der Waals surface area contributed by atoms with Gasteiger partial charge in [0.05, 0.1) is 6.04 Å². The summed E-state index contributed by atoms with van der Waals surface area (Å²) in [6.45, 7) is 1.78. The highest BCUT2D eigenvalue weighted by Crippen LogP contribution is 2.20. The van der Waals surface area contributed by atoms with Crippen LogP contribution in [0.2, 0.25) is 0 Å². The number of carbonyl (C=O) groups excluding carboxylic acids is 1. The highest BCUT2D eigenvalue weighted by atomic mass is 16.3. The molecule has 5 heteroatoms. The molecule has 104 valence electrons. The van der Waals surface area contributed by atoms with Crippen LogP contribution in [0, 0.1) is 6.92 Å². The summed E-state index contributed by atoms with van der Waals surface area (Å²) in [4.78, 5) is 16.1. The van der Waals surface area contributed by atoms with Gasteiger partial charge in [0.2, 0.25) is 5.91 Å². The van der Waals surface area contributed by atoms with E-state index in [2.05, 4.69) is 10.3 Å². The number of hydrogen-bond acceptors (Lipinski definition) is 4. The summed E-state index contributed by atoms with van der Waals surface area (Å²) in [5.74, 6) is -0.309. The molecule has 1 aromatic heterocycles. The van der Waals surface area contributed by atoms with Crippen LogP contribution in [-0.4, -0.2) is 22.0 Å². The van der Waals surface area contributed by atoms with Crippen LogP contribution in [0.15, 0.2) is 42.5 Å². The molecule has 1 heterocycles. The van der Waals surface area contributed by atoms with Crippen molar-refractivity contribution in [3.63, 3.8) is 0 Å². The van der Waals surface area contributed by atoms with Crippen molar-refractivity contribution >= 4 is 11.7 Å². The summed E-state index contributed by atoms with van der Waals surface area (Å²) in [6.07, 6.45) is 0.430. The Kier molecular flexibility index (Phi) is 4.32. The topological polar surface area (TPSA) is 88.2 Å². The fourth-order valence-electron chi connectivity index (χ4n) is 1.81. The first kappa shape index (κ1) is 14.0. The van der Waals surface area contributed by atoms with Crippen LogP contribution >= 0.6 is 0 Å². The van der Waals surface area contributed by atoms with Gasteiger partial charge in [-0.3, -0.25) is 4.79 Å². The summed E-state index contributed by atoms with van der Waals surface area (Å²) in [5, 5.41) is 12.2. The number of nitrogens with zero attached hydrogens (tertiary/aromatic N) is 1. The van der Waals surface area contributed by atoms with Crippen molar-refractivity contribution in [2.24, 2.45) is 5.73 Å². The molecule has 1 amide bonds. The summed E-state index contributed by atoms with van der Waals surface area (Å²) < 4.78 is 0. The van der Waals surface area contributed by atoms with Crippen molar-refractivity contribution in [2.45, 2.75) is 19.4 Å². The predicted molar refractivity (Wildman–Crippen MR) is 77.4 cm³/mol. The van der Waals surface area contributed by atoms with Crippen molar-refractivity contribution in [1.29, 1.82) is 0 Å². The number of nitrogens with one attached hydrogen (secondary N) is 1. The number of nitrogens with two attached hydrogens (primary N) is 1. The second-order valence-electron chi connectivity index (χ2n) is 4.61. The zero-order valence-electron chi connectivity index (χ0n) is 11.2. The van der Waals surface area contributed by atoms with Crippen molar-refractivity contribution in [3.8, 4) is 5.75 Å². The van der Waals surface area contributed by atoms with Crippen molar-refractivity contribution in [1.82, 2.24) is 4.98 Å². The molecule has 4 N–H and O–H groups in total. The van der Waals surface area contributed by atoms with Gasteiger partial charge in [0.1, 0.15) is 0 Å². The molecule has 2 rings (SSSR count). The Bertz CT molecular complexity index is 599. The number of aromatic hydroxyl groups is 1. The maximum absolute atomic E-state index is 12.0. The molecule has 0 aliphatic heterocycles. The first-order valence-corrected chi connectivity index (χ1v) is 6.33. The Hall–Kier alpha value is -2.40. The molecule has 20 heavy (non-hydrogen) atoms. The minimum absolute atomic E-state index is 0.0733. The lowest BCUT2D eigenvalue weighted by molar-refractivity contribution is -0.117. The normalized spacial score (nSPS) is 11.9. The number of carbonyl (C=O) groups is 1. The maximum atomic E-state index is 12.0. The largest absolute Gasteiger partial charge is 0.504 e. The maximum Gasteiger partial charge on any atom is 0.242 e. The number of aryl methyl sites for hydroxylation is 1. The SMILES string of the molecule is Cc1ccc(O)c(NC(=O)C(N)Cc2ccccc2)n1. The van der Waals surface area contributed by atoms with E-state index >= 15 is 0 Å². The van der Waals surface area contributed by atoms with E-state index in [1.807, 2.05) is 30.3 Å². The molecule has 0 aliphatic carbocycles. The van der Waals surface area contributed by atoms with Crippen LogP contribution in [0.5, 0.6) is 5.75 Å². The number of hydrogen-bond donors (Lipinski definition) is 3. The molecule has 0 bridgehead atoms. The Morgan fingerprint density at radius 1 is 1.30 bits per heavy atom. The summed E-state index contributed by atoms with van der Waals surface area (Å²) >= 11 is 0. The molecule has 1 unspecified atom stereocenters. The standard InChI is InChI=1S/C15H17N3O2/c1-10-7-8-13(19)14(17-10)18-15(20)12(16)9-11-5-3-2-4-6-11/h2-8,12,19H,9,16H2,1H3,(H,17,18,20). The van der Waals surface area contributed by atoms with E-state index in [0.717, 1.165) is 5.56 Å². The van der Waals surface area contributed by atoms with E-state index in [1.165, 1.54) is 6.07 Å². The number of anilines is 1. The van der Waals surface area contributed by atoms with E-state index < -0.39 is 6.04 Å². The van der Waals surface area contributed by atoms with E-state index in [9.17, 15) is 9.90 Å². The number of benzene rings is 1. The molecule has 5 nitrogen and oxygen atoms in total. The molecule has 0 spiro atoms. The minimum atomic E-state index is -0.695. The third-order valence-electron chi connectivity index (χ3n) is 2.89. The average Bonchev–Trinajstić information content (AvgIpc) is 2.44. The Balaban J connectivity index is 2.02. The van der Waals surface area contributed by atoms with Crippen molar-refractivity contribution < 1.29 is 9.90 Å². The van der Waals surface area contributed by atoms with Gasteiger partial charge in [-0.05, 0) is 31.0 Å². The summed E-state index contributed by atoms with van der Waals surface area (Å²) in [7, 11) is 0. The van der Waals surface area contributed by atoms with Gasteiger partial charge in [-0.2, -0.15) is 0 Å². The summed E-state index contributed by atoms with van der Waals surface area (Å²) in [5.41, 5.74) is 7.55. The molecule has 0 saturated heterocycles. The molecule has 2 aromatic rings. The van der Waals surface area contributed by atoms with Gasteiger partial charge in [-0.15, -0.1) is 0 Å². The predicted octanol–water partition coefficient (Wildman–Crippen LogP) is 1.60. The van der Waals surface area contributed by atoms with Crippen molar-refractivity contribution in [3.05, 3.63) is 53.7 Å².